The molecule has 0 aliphatic rings. The van der Waals surface area contributed by atoms with Crippen molar-refractivity contribution >= 4 is 12.1 Å². The van der Waals surface area contributed by atoms with Crippen LogP contribution in [0.15, 0.2) is 71.8 Å². The molecule has 3 aromatic carbocycles. The Kier molecular flexibility index (Phi) is 5.76. The third kappa shape index (κ3) is 4.79. The molecule has 3 aromatic rings. The molecule has 0 aliphatic heterocycles. The molecule has 3 rings (SSSR count). The summed E-state index contributed by atoms with van der Waals surface area (Å²) in [6.45, 7) is 0.437. The van der Waals surface area contributed by atoms with Crippen molar-refractivity contribution < 1.29 is 24.9 Å². The predicted molar refractivity (Wildman–Crippen MR) is 104 cm³/mol. The fraction of sp³-hybridized carbons (Fsp3) is 0.0476. The first-order valence-electron chi connectivity index (χ1n) is 8.38. The monoisotopic (exact) mass is 378 g/mol. The molecule has 0 atom stereocenters. The quantitative estimate of drug-likeness (QED) is 0.299. The number of benzene rings is 3. The van der Waals surface area contributed by atoms with Gasteiger partial charge >= 0.3 is 0 Å². The molecule has 0 spiro atoms. The minimum absolute atomic E-state index is 0.0510. The highest BCUT2D eigenvalue weighted by Gasteiger charge is 2.12. The maximum absolute atomic E-state index is 12.0. The molecule has 0 aromatic heterocycles. The molecule has 0 saturated carbocycles. The molecule has 0 radical (unpaired) electrons. The van der Waals surface area contributed by atoms with E-state index in [1.807, 2.05) is 36.4 Å². The molecular weight excluding hydrogens is 360 g/mol. The third-order valence-corrected chi connectivity index (χ3v) is 3.82. The molecule has 4 N–H and O–H groups in total. The lowest BCUT2D eigenvalue weighted by atomic mass is 10.2. The molecular formula is C21H18N2O5. The van der Waals surface area contributed by atoms with Crippen LogP contribution in [0, 0.1) is 0 Å². The van der Waals surface area contributed by atoms with Crippen LogP contribution in [-0.2, 0) is 6.61 Å². The van der Waals surface area contributed by atoms with Gasteiger partial charge < -0.3 is 20.1 Å². The Hall–Kier alpha value is -4.00. The normalized spacial score (nSPS) is 10.7. The minimum Gasteiger partial charge on any atom is -0.504 e. The van der Waals surface area contributed by atoms with Gasteiger partial charge in [0.15, 0.2) is 17.2 Å². The molecule has 7 nitrogen and oxygen atoms in total. The smallest absolute Gasteiger partial charge is 0.271 e. The Bertz CT molecular complexity index is 980. The van der Waals surface area contributed by atoms with E-state index in [0.29, 0.717) is 17.9 Å². The minimum atomic E-state index is -0.688. The van der Waals surface area contributed by atoms with Crippen molar-refractivity contribution in [3.8, 4) is 23.0 Å². The molecule has 7 heteroatoms. The Balaban J connectivity index is 1.60. The maximum Gasteiger partial charge on any atom is 0.271 e. The lowest BCUT2D eigenvalue weighted by molar-refractivity contribution is 0.0954. The van der Waals surface area contributed by atoms with E-state index in [1.165, 1.54) is 6.21 Å². The number of hydrogen-bond acceptors (Lipinski definition) is 6. The topological polar surface area (TPSA) is 111 Å². The van der Waals surface area contributed by atoms with Crippen LogP contribution in [-0.4, -0.2) is 27.4 Å². The van der Waals surface area contributed by atoms with Crippen LogP contribution < -0.4 is 10.2 Å². The zero-order valence-corrected chi connectivity index (χ0v) is 14.7. The number of rotatable bonds is 6. The van der Waals surface area contributed by atoms with Crippen LogP contribution >= 0.6 is 0 Å². The Morgan fingerprint density at radius 2 is 1.68 bits per heavy atom. The number of nitrogens with zero attached hydrogens (tertiary/aromatic N) is 1. The van der Waals surface area contributed by atoms with Gasteiger partial charge in [0.25, 0.3) is 5.91 Å². The van der Waals surface area contributed by atoms with Crippen molar-refractivity contribution in [3.05, 3.63) is 83.4 Å². The number of hydrazone groups is 1. The van der Waals surface area contributed by atoms with Gasteiger partial charge in [0.1, 0.15) is 12.4 Å². The summed E-state index contributed by atoms with van der Waals surface area (Å²) >= 11 is 0. The van der Waals surface area contributed by atoms with Crippen LogP contribution in [0.1, 0.15) is 21.5 Å². The van der Waals surface area contributed by atoms with Crippen molar-refractivity contribution in [2.24, 2.45) is 5.10 Å². The predicted octanol–water partition coefficient (Wildman–Crippen LogP) is 3.15. The number of aromatic hydroxyl groups is 3. The average Bonchev–Trinajstić information content (AvgIpc) is 2.71. The zero-order chi connectivity index (χ0) is 19.9. The van der Waals surface area contributed by atoms with E-state index in [0.717, 1.165) is 17.7 Å². The van der Waals surface area contributed by atoms with Gasteiger partial charge in [-0.1, -0.05) is 42.5 Å². The number of hydrogen-bond donors (Lipinski definition) is 4. The standard InChI is InChI=1S/C21H18N2O5/c24-18-10-16(11-19(25)20(18)26)21(27)23-22-12-15-7-4-8-17(9-15)28-13-14-5-2-1-3-6-14/h1-12,24-26H,13H2,(H,23,27)/b22-12-. The van der Waals surface area contributed by atoms with Crippen molar-refractivity contribution in [2.45, 2.75) is 6.61 Å². The Labute approximate surface area is 161 Å². The van der Waals surface area contributed by atoms with Crippen LogP contribution in [0.25, 0.3) is 0 Å². The summed E-state index contributed by atoms with van der Waals surface area (Å²) in [5, 5.41) is 32.1. The summed E-state index contributed by atoms with van der Waals surface area (Å²) in [7, 11) is 0. The van der Waals surface area contributed by atoms with Gasteiger partial charge in [0.2, 0.25) is 0 Å². The summed E-state index contributed by atoms with van der Waals surface area (Å²) in [6.07, 6.45) is 1.44. The van der Waals surface area contributed by atoms with Gasteiger partial charge in [-0.25, -0.2) is 5.43 Å². The second kappa shape index (κ2) is 8.59. The van der Waals surface area contributed by atoms with E-state index in [-0.39, 0.29) is 5.56 Å². The number of carbonyl (C=O) groups is 1. The van der Waals surface area contributed by atoms with E-state index >= 15 is 0 Å². The lowest BCUT2D eigenvalue weighted by Crippen LogP contribution is -2.17. The van der Waals surface area contributed by atoms with Gasteiger partial charge in [0, 0.05) is 5.56 Å². The maximum atomic E-state index is 12.0. The number of carbonyl (C=O) groups excluding carboxylic acids is 1. The molecule has 0 saturated heterocycles. The summed E-state index contributed by atoms with van der Waals surface area (Å²) in [6, 6.07) is 19.0. The van der Waals surface area contributed by atoms with E-state index in [2.05, 4.69) is 10.5 Å². The number of ether oxygens (including phenoxy) is 1. The number of amides is 1. The van der Waals surface area contributed by atoms with Crippen molar-refractivity contribution in [1.82, 2.24) is 5.43 Å². The van der Waals surface area contributed by atoms with Gasteiger partial charge in [-0.15, -0.1) is 0 Å². The number of phenolic OH excluding ortho intramolecular Hbond substituents is 3. The fourth-order valence-corrected chi connectivity index (χ4v) is 2.39. The molecule has 0 aliphatic carbocycles. The van der Waals surface area contributed by atoms with E-state index in [9.17, 15) is 20.1 Å². The lowest BCUT2D eigenvalue weighted by Gasteiger charge is -2.07. The second-order valence-corrected chi connectivity index (χ2v) is 5.91. The average molecular weight is 378 g/mol. The highest BCUT2D eigenvalue weighted by molar-refractivity contribution is 5.96. The Morgan fingerprint density at radius 3 is 2.39 bits per heavy atom. The van der Waals surface area contributed by atoms with Crippen molar-refractivity contribution in [1.29, 1.82) is 0 Å². The third-order valence-electron chi connectivity index (χ3n) is 3.82. The molecule has 28 heavy (non-hydrogen) atoms. The van der Waals surface area contributed by atoms with Gasteiger partial charge in [-0.2, -0.15) is 5.10 Å². The first kappa shape index (κ1) is 18.8. The molecule has 0 fully saturated rings. The summed E-state index contributed by atoms with van der Waals surface area (Å²) in [5.41, 5.74) is 3.99. The van der Waals surface area contributed by atoms with Crippen LogP contribution in [0.2, 0.25) is 0 Å². The Morgan fingerprint density at radius 1 is 0.964 bits per heavy atom. The zero-order valence-electron chi connectivity index (χ0n) is 14.7. The summed E-state index contributed by atoms with van der Waals surface area (Å²) in [4.78, 5) is 12.0. The van der Waals surface area contributed by atoms with Crippen LogP contribution in [0.4, 0.5) is 0 Å². The first-order chi connectivity index (χ1) is 13.5. The molecule has 142 valence electrons. The van der Waals surface area contributed by atoms with E-state index in [4.69, 9.17) is 4.74 Å². The van der Waals surface area contributed by atoms with E-state index in [1.54, 1.807) is 18.2 Å². The highest BCUT2D eigenvalue weighted by Crippen LogP contribution is 2.35. The van der Waals surface area contributed by atoms with Crippen LogP contribution in [0.3, 0.4) is 0 Å². The SMILES string of the molecule is O=C(N/N=C\c1cccc(OCc2ccccc2)c1)c1cc(O)c(O)c(O)c1. The number of phenols is 3. The second-order valence-electron chi connectivity index (χ2n) is 5.91. The fourth-order valence-electron chi connectivity index (χ4n) is 2.39. The van der Waals surface area contributed by atoms with Gasteiger partial charge in [-0.3, -0.25) is 4.79 Å². The summed E-state index contributed by atoms with van der Waals surface area (Å²) < 4.78 is 5.74. The first-order valence-corrected chi connectivity index (χ1v) is 8.38. The van der Waals surface area contributed by atoms with Crippen LogP contribution in [0.5, 0.6) is 23.0 Å². The van der Waals surface area contributed by atoms with Gasteiger partial charge in [-0.05, 0) is 35.4 Å². The molecule has 0 bridgehead atoms. The van der Waals surface area contributed by atoms with Crippen molar-refractivity contribution in [2.75, 3.05) is 0 Å². The highest BCUT2D eigenvalue weighted by atomic mass is 16.5. The van der Waals surface area contributed by atoms with Crippen molar-refractivity contribution in [3.63, 3.8) is 0 Å². The molecule has 0 heterocycles. The number of nitrogens with one attached hydrogen (secondary N) is 1. The summed E-state index contributed by atoms with van der Waals surface area (Å²) in [5.74, 6) is -1.88. The largest absolute Gasteiger partial charge is 0.504 e. The van der Waals surface area contributed by atoms with Gasteiger partial charge in [0.05, 0.1) is 6.21 Å². The van der Waals surface area contributed by atoms with E-state index < -0.39 is 23.2 Å². The molecule has 0 unspecified atom stereocenters. The molecule has 1 amide bonds.